The first-order chi connectivity index (χ1) is 18.7. The fourth-order valence-corrected chi connectivity index (χ4v) is 3.81. The molecule has 13 heteroatoms. The lowest BCUT2D eigenvalue weighted by Gasteiger charge is -2.21. The van der Waals surface area contributed by atoms with Crippen LogP contribution in [0.15, 0.2) is 30.5 Å². The number of esters is 1. The van der Waals surface area contributed by atoms with E-state index in [1.54, 1.807) is 47.5 Å². The topological polar surface area (TPSA) is 185 Å². The summed E-state index contributed by atoms with van der Waals surface area (Å²) in [7, 11) is 0. The molecule has 3 atom stereocenters. The van der Waals surface area contributed by atoms with Crippen molar-refractivity contribution >= 4 is 29.4 Å². The zero-order chi connectivity index (χ0) is 28.8. The third-order valence-electron chi connectivity index (χ3n) is 6.29. The molecule has 5 N–H and O–H groups in total. The van der Waals surface area contributed by atoms with Crippen LogP contribution < -0.4 is 16.1 Å². The van der Waals surface area contributed by atoms with Crippen molar-refractivity contribution in [3.63, 3.8) is 0 Å². The fourth-order valence-electron chi connectivity index (χ4n) is 3.81. The fraction of sp³-hybridized carbons (Fsp3) is 0.538. The molecule has 0 spiro atoms. The Balaban J connectivity index is 1.72. The van der Waals surface area contributed by atoms with E-state index < -0.39 is 23.9 Å². The molecule has 0 aliphatic rings. The normalized spacial score (nSPS) is 13.2. The van der Waals surface area contributed by atoms with E-state index in [1.165, 1.54) is 0 Å². The van der Waals surface area contributed by atoms with Gasteiger partial charge < -0.3 is 20.5 Å². The van der Waals surface area contributed by atoms with Gasteiger partial charge in [0.2, 0.25) is 17.7 Å². The number of carbonyl (C=O) groups excluding carboxylic acids is 4. The van der Waals surface area contributed by atoms with Crippen LogP contribution in [0.1, 0.15) is 70.2 Å². The maximum absolute atomic E-state index is 12.6. The molecule has 3 unspecified atom stereocenters. The summed E-state index contributed by atoms with van der Waals surface area (Å²) in [4.78, 5) is 48.0. The van der Waals surface area contributed by atoms with Crippen molar-refractivity contribution < 1.29 is 34.2 Å². The number of hydroxylamine groups is 1. The first-order valence-electron chi connectivity index (χ1n) is 13.0. The van der Waals surface area contributed by atoms with E-state index in [4.69, 9.17) is 9.94 Å². The van der Waals surface area contributed by atoms with Crippen molar-refractivity contribution in [1.29, 1.82) is 0 Å². The number of hydrogen-bond donors (Lipinski definition) is 5. The molecule has 0 saturated heterocycles. The first kappa shape index (κ1) is 31.4. The molecule has 2 rings (SSSR count). The van der Waals surface area contributed by atoms with Gasteiger partial charge >= 0.3 is 5.97 Å². The number of amides is 3. The first-order valence-corrected chi connectivity index (χ1v) is 13.0. The Morgan fingerprint density at radius 3 is 2.44 bits per heavy atom. The van der Waals surface area contributed by atoms with Gasteiger partial charge in [0, 0.05) is 31.0 Å². The lowest BCUT2D eigenvalue weighted by atomic mass is 9.88. The second kappa shape index (κ2) is 16.2. The summed E-state index contributed by atoms with van der Waals surface area (Å²) in [5.74, 6) is -2.41. The number of anilines is 1. The van der Waals surface area contributed by atoms with E-state index in [-0.39, 0.29) is 37.3 Å². The van der Waals surface area contributed by atoms with E-state index in [9.17, 15) is 24.3 Å². The molecule has 0 bridgehead atoms. The number of hydrogen-bond acceptors (Lipinski definition) is 9. The summed E-state index contributed by atoms with van der Waals surface area (Å²) in [5, 5.41) is 32.4. The molecule has 214 valence electrons. The third kappa shape index (κ3) is 10.4. The number of aromatic nitrogens is 3. The average Bonchev–Trinajstić information content (AvgIpc) is 3.40. The standard InChI is InChI=1S/C26H38N6O7/c1-4-17(3)21(14-23(34)30-38)25(36)27-15-20-16-32(31-29-20)13-7-6-8-22(33)28-19-11-9-18(10-12-19)24(35)26(37)39-5-2/h9-12,16-17,21,24,35,38H,4-8,13-15H2,1-3H3,(H,27,36)(H,28,33)(H,30,34). The van der Waals surface area contributed by atoms with Gasteiger partial charge in [-0.25, -0.2) is 10.3 Å². The van der Waals surface area contributed by atoms with Gasteiger partial charge in [-0.3, -0.25) is 24.3 Å². The van der Waals surface area contributed by atoms with E-state index in [0.29, 0.717) is 49.2 Å². The van der Waals surface area contributed by atoms with Gasteiger partial charge in [0.15, 0.2) is 6.10 Å². The Labute approximate surface area is 227 Å². The van der Waals surface area contributed by atoms with Gasteiger partial charge in [-0.05, 0) is 43.4 Å². The average molecular weight is 547 g/mol. The highest BCUT2D eigenvalue weighted by Gasteiger charge is 2.26. The predicted octanol–water partition coefficient (Wildman–Crippen LogP) is 1.86. The maximum Gasteiger partial charge on any atom is 0.339 e. The largest absolute Gasteiger partial charge is 0.464 e. The van der Waals surface area contributed by atoms with Gasteiger partial charge in [-0.1, -0.05) is 37.6 Å². The van der Waals surface area contributed by atoms with Crippen LogP contribution in [0.3, 0.4) is 0 Å². The van der Waals surface area contributed by atoms with Crippen LogP contribution in [0.2, 0.25) is 0 Å². The van der Waals surface area contributed by atoms with Crippen molar-refractivity contribution in [2.75, 3.05) is 11.9 Å². The summed E-state index contributed by atoms with van der Waals surface area (Å²) in [5.41, 5.74) is 3.06. The van der Waals surface area contributed by atoms with Crippen LogP contribution in [0.5, 0.6) is 0 Å². The number of rotatable bonds is 16. The minimum atomic E-state index is -1.37. The van der Waals surface area contributed by atoms with Crippen LogP contribution >= 0.6 is 0 Å². The third-order valence-corrected chi connectivity index (χ3v) is 6.29. The summed E-state index contributed by atoms with van der Waals surface area (Å²) >= 11 is 0. The summed E-state index contributed by atoms with van der Waals surface area (Å²) < 4.78 is 6.43. The molecule has 2 aromatic rings. The van der Waals surface area contributed by atoms with E-state index in [1.807, 2.05) is 13.8 Å². The van der Waals surface area contributed by atoms with Crippen molar-refractivity contribution in [2.24, 2.45) is 11.8 Å². The zero-order valence-corrected chi connectivity index (χ0v) is 22.6. The number of carbonyl (C=O) groups is 4. The van der Waals surface area contributed by atoms with Crippen LogP contribution in [-0.2, 0) is 37.0 Å². The molecule has 39 heavy (non-hydrogen) atoms. The number of aliphatic hydroxyl groups is 1. The Hall–Kier alpha value is -3.84. The molecule has 1 aromatic heterocycles. The lowest BCUT2D eigenvalue weighted by molar-refractivity contribution is -0.153. The summed E-state index contributed by atoms with van der Waals surface area (Å²) in [6.45, 7) is 6.33. The minimum absolute atomic E-state index is 0.0428. The monoisotopic (exact) mass is 546 g/mol. The van der Waals surface area contributed by atoms with Crippen LogP contribution in [0.25, 0.3) is 0 Å². The van der Waals surface area contributed by atoms with Gasteiger partial charge in [0.25, 0.3) is 0 Å². The van der Waals surface area contributed by atoms with E-state index in [0.717, 1.165) is 0 Å². The minimum Gasteiger partial charge on any atom is -0.464 e. The van der Waals surface area contributed by atoms with Crippen LogP contribution in [-0.4, -0.2) is 55.6 Å². The number of nitrogens with zero attached hydrogens (tertiary/aromatic N) is 3. The van der Waals surface area contributed by atoms with Crippen molar-refractivity contribution in [3.05, 3.63) is 41.7 Å². The number of benzene rings is 1. The molecule has 0 aliphatic carbocycles. The number of unbranched alkanes of at least 4 members (excludes halogenated alkanes) is 1. The Morgan fingerprint density at radius 1 is 1.08 bits per heavy atom. The molecule has 0 fully saturated rings. The number of aliphatic hydroxyl groups excluding tert-OH is 1. The number of nitrogens with one attached hydrogen (secondary N) is 3. The number of ether oxygens (including phenoxy) is 1. The van der Waals surface area contributed by atoms with E-state index >= 15 is 0 Å². The highest BCUT2D eigenvalue weighted by atomic mass is 16.5. The van der Waals surface area contributed by atoms with Gasteiger partial charge in [-0.15, -0.1) is 5.10 Å². The zero-order valence-electron chi connectivity index (χ0n) is 22.6. The second-order valence-corrected chi connectivity index (χ2v) is 9.20. The molecule has 3 amide bonds. The molecule has 1 aromatic carbocycles. The molecular formula is C26H38N6O7. The Kier molecular flexibility index (Phi) is 13.0. The molecule has 0 saturated carbocycles. The molecule has 13 nitrogen and oxygen atoms in total. The van der Waals surface area contributed by atoms with Crippen molar-refractivity contribution in [2.45, 2.75) is 72.1 Å². The molecule has 0 radical (unpaired) electrons. The van der Waals surface area contributed by atoms with E-state index in [2.05, 4.69) is 20.9 Å². The van der Waals surface area contributed by atoms with Crippen LogP contribution in [0, 0.1) is 11.8 Å². The highest BCUT2D eigenvalue weighted by molar-refractivity contribution is 5.90. The summed E-state index contributed by atoms with van der Waals surface area (Å²) in [6.07, 6.45) is 2.53. The summed E-state index contributed by atoms with van der Waals surface area (Å²) in [6, 6.07) is 6.33. The molecular weight excluding hydrogens is 508 g/mol. The smallest absolute Gasteiger partial charge is 0.339 e. The quantitative estimate of drug-likeness (QED) is 0.0907. The predicted molar refractivity (Wildman–Crippen MR) is 140 cm³/mol. The SMILES string of the molecule is CCOC(=O)C(O)c1ccc(NC(=O)CCCCn2cc(CNC(=O)C(CC(=O)NO)C(C)CC)nn2)cc1. The van der Waals surface area contributed by atoms with Gasteiger partial charge in [-0.2, -0.15) is 0 Å². The molecule has 0 aliphatic heterocycles. The highest BCUT2D eigenvalue weighted by Crippen LogP contribution is 2.20. The number of aryl methyl sites for hydroxylation is 1. The lowest BCUT2D eigenvalue weighted by Crippen LogP contribution is -2.37. The maximum atomic E-state index is 12.6. The Morgan fingerprint density at radius 2 is 1.79 bits per heavy atom. The van der Waals surface area contributed by atoms with Crippen LogP contribution in [0.4, 0.5) is 5.69 Å². The van der Waals surface area contributed by atoms with Crippen molar-refractivity contribution in [1.82, 2.24) is 25.8 Å². The van der Waals surface area contributed by atoms with Gasteiger partial charge in [0.05, 0.1) is 19.3 Å². The Bertz CT molecular complexity index is 1090. The van der Waals surface area contributed by atoms with Crippen molar-refractivity contribution in [3.8, 4) is 0 Å². The second-order valence-electron chi connectivity index (χ2n) is 9.20. The van der Waals surface area contributed by atoms with Gasteiger partial charge in [0.1, 0.15) is 5.69 Å². The molecule has 1 heterocycles.